The molecule has 0 N–H and O–H groups in total. The number of thiazole rings is 1. The maximum atomic E-state index is 12.9. The fourth-order valence-electron chi connectivity index (χ4n) is 4.16. The number of amides is 1. The van der Waals surface area contributed by atoms with Crippen LogP contribution in [-0.2, 0) is 24.4 Å². The highest BCUT2D eigenvalue weighted by Gasteiger charge is 2.22. The number of para-hydroxylation sites is 2. The first-order chi connectivity index (χ1) is 14.6. The molecule has 1 fully saturated rings. The molecule has 0 saturated carbocycles. The highest BCUT2D eigenvalue weighted by Crippen LogP contribution is 2.15. The quantitative estimate of drug-likeness (QED) is 0.582. The third-order valence-electron chi connectivity index (χ3n) is 5.70. The van der Waals surface area contributed by atoms with Crippen molar-refractivity contribution in [2.45, 2.75) is 46.3 Å². The summed E-state index contributed by atoms with van der Waals surface area (Å²) in [7, 11) is 0. The molecule has 1 saturated heterocycles. The van der Waals surface area contributed by atoms with E-state index in [0.29, 0.717) is 19.5 Å². The number of imidazole rings is 1. The second kappa shape index (κ2) is 9.14. The normalized spacial score (nSPS) is 15.2. The molecule has 7 nitrogen and oxygen atoms in total. The van der Waals surface area contributed by atoms with Gasteiger partial charge in [0.2, 0.25) is 5.91 Å². The molecule has 0 radical (unpaired) electrons. The van der Waals surface area contributed by atoms with Crippen LogP contribution in [0.1, 0.15) is 30.5 Å². The Morgan fingerprint density at radius 3 is 2.33 bits per heavy atom. The van der Waals surface area contributed by atoms with Crippen molar-refractivity contribution in [3.8, 4) is 0 Å². The second-order valence-corrected chi connectivity index (χ2v) is 8.90. The number of fused-ring (bicyclic) bond motifs is 1. The van der Waals surface area contributed by atoms with Crippen molar-refractivity contribution in [3.63, 3.8) is 0 Å². The molecule has 3 heterocycles. The van der Waals surface area contributed by atoms with Crippen LogP contribution >= 0.6 is 11.3 Å². The molecule has 0 atom stereocenters. The van der Waals surface area contributed by atoms with Crippen LogP contribution in [0.5, 0.6) is 0 Å². The van der Waals surface area contributed by atoms with Crippen LogP contribution in [0.3, 0.4) is 0 Å². The van der Waals surface area contributed by atoms with Crippen molar-refractivity contribution in [2.24, 2.45) is 0 Å². The standard InChI is InChI=1S/C22H29N5O2S/c1-3-9-26-19-6-4-5-7-20(19)27(22(26)29)10-8-21(28)25-13-11-24(12-14-25)15-18-16-30-17(2)23-18/h4-7,16H,3,8-15H2,1-2H3. The topological polar surface area (TPSA) is 63.4 Å². The monoisotopic (exact) mass is 427 g/mol. The van der Waals surface area contributed by atoms with Gasteiger partial charge in [0, 0.05) is 57.6 Å². The fourth-order valence-corrected chi connectivity index (χ4v) is 4.76. The van der Waals surface area contributed by atoms with Gasteiger partial charge in [0.15, 0.2) is 0 Å². The number of piperazine rings is 1. The van der Waals surface area contributed by atoms with Gasteiger partial charge in [-0.15, -0.1) is 11.3 Å². The van der Waals surface area contributed by atoms with Gasteiger partial charge in [-0.3, -0.25) is 18.8 Å². The SMILES string of the molecule is CCCn1c(=O)n(CCC(=O)N2CCN(Cc3csc(C)n3)CC2)c2ccccc21. The van der Waals surface area contributed by atoms with Crippen molar-refractivity contribution in [2.75, 3.05) is 26.2 Å². The summed E-state index contributed by atoms with van der Waals surface area (Å²) in [5.74, 6) is 0.123. The summed E-state index contributed by atoms with van der Waals surface area (Å²) in [5.41, 5.74) is 2.95. The van der Waals surface area contributed by atoms with E-state index in [1.54, 1.807) is 15.9 Å². The summed E-state index contributed by atoms with van der Waals surface area (Å²) in [6.45, 7) is 9.23. The lowest BCUT2D eigenvalue weighted by atomic mass is 10.2. The minimum Gasteiger partial charge on any atom is -0.340 e. The third kappa shape index (κ3) is 4.34. The summed E-state index contributed by atoms with van der Waals surface area (Å²) in [6, 6.07) is 7.84. The Bertz CT molecular complexity index is 1070. The number of carbonyl (C=O) groups excluding carboxylic acids is 1. The van der Waals surface area contributed by atoms with Gasteiger partial charge >= 0.3 is 5.69 Å². The molecular formula is C22H29N5O2S. The number of aryl methyl sites for hydroxylation is 3. The number of aromatic nitrogens is 3. The van der Waals surface area contributed by atoms with Crippen LogP contribution in [0.15, 0.2) is 34.4 Å². The van der Waals surface area contributed by atoms with E-state index < -0.39 is 0 Å². The van der Waals surface area contributed by atoms with E-state index >= 15 is 0 Å². The molecule has 160 valence electrons. The maximum absolute atomic E-state index is 12.9. The van der Waals surface area contributed by atoms with Crippen molar-refractivity contribution >= 4 is 28.3 Å². The van der Waals surface area contributed by atoms with E-state index in [9.17, 15) is 9.59 Å². The average Bonchev–Trinajstić information content (AvgIpc) is 3.28. The van der Waals surface area contributed by atoms with E-state index in [1.807, 2.05) is 40.7 Å². The van der Waals surface area contributed by atoms with Crippen LogP contribution in [0, 0.1) is 6.92 Å². The Morgan fingerprint density at radius 2 is 1.73 bits per heavy atom. The first kappa shape index (κ1) is 20.8. The Balaban J connectivity index is 1.35. The predicted molar refractivity (Wildman–Crippen MR) is 120 cm³/mol. The number of carbonyl (C=O) groups is 1. The predicted octanol–water partition coefficient (Wildman–Crippen LogP) is 2.71. The first-order valence-corrected chi connectivity index (χ1v) is 11.5. The van der Waals surface area contributed by atoms with E-state index in [4.69, 9.17) is 0 Å². The van der Waals surface area contributed by atoms with Gasteiger partial charge in [-0.1, -0.05) is 19.1 Å². The fraction of sp³-hybridized carbons (Fsp3) is 0.500. The van der Waals surface area contributed by atoms with Crippen LogP contribution < -0.4 is 5.69 Å². The van der Waals surface area contributed by atoms with Gasteiger partial charge < -0.3 is 4.90 Å². The average molecular weight is 428 g/mol. The third-order valence-corrected chi connectivity index (χ3v) is 6.52. The molecule has 3 aromatic rings. The van der Waals surface area contributed by atoms with Gasteiger partial charge in [-0.05, 0) is 25.5 Å². The highest BCUT2D eigenvalue weighted by atomic mass is 32.1. The number of hydrogen-bond donors (Lipinski definition) is 0. The molecule has 0 spiro atoms. The van der Waals surface area contributed by atoms with Crippen molar-refractivity contribution in [1.82, 2.24) is 23.9 Å². The first-order valence-electron chi connectivity index (χ1n) is 10.7. The van der Waals surface area contributed by atoms with Crippen molar-refractivity contribution in [3.05, 3.63) is 50.8 Å². The molecule has 0 unspecified atom stereocenters. The number of benzene rings is 1. The highest BCUT2D eigenvalue weighted by molar-refractivity contribution is 7.09. The lowest BCUT2D eigenvalue weighted by Gasteiger charge is -2.34. The van der Waals surface area contributed by atoms with Crippen LogP contribution in [0.25, 0.3) is 11.0 Å². The zero-order chi connectivity index (χ0) is 21.1. The lowest BCUT2D eigenvalue weighted by Crippen LogP contribution is -2.48. The summed E-state index contributed by atoms with van der Waals surface area (Å²) in [6.07, 6.45) is 1.25. The number of hydrogen-bond acceptors (Lipinski definition) is 5. The molecule has 1 amide bonds. The molecule has 1 aliphatic rings. The largest absolute Gasteiger partial charge is 0.340 e. The molecule has 4 rings (SSSR count). The second-order valence-electron chi connectivity index (χ2n) is 7.84. The maximum Gasteiger partial charge on any atom is 0.329 e. The molecule has 30 heavy (non-hydrogen) atoms. The molecule has 1 aliphatic heterocycles. The van der Waals surface area contributed by atoms with Crippen LogP contribution in [-0.4, -0.2) is 56.0 Å². The van der Waals surface area contributed by atoms with Gasteiger partial charge in [0.05, 0.1) is 21.7 Å². The molecule has 0 bridgehead atoms. The molecule has 8 heteroatoms. The zero-order valence-electron chi connectivity index (χ0n) is 17.7. The summed E-state index contributed by atoms with van der Waals surface area (Å²) < 4.78 is 3.57. The smallest absolute Gasteiger partial charge is 0.329 e. The Labute approximate surface area is 180 Å². The van der Waals surface area contributed by atoms with Gasteiger partial charge in [-0.25, -0.2) is 9.78 Å². The summed E-state index contributed by atoms with van der Waals surface area (Å²) in [4.78, 5) is 34.5. The van der Waals surface area contributed by atoms with Crippen molar-refractivity contribution in [1.29, 1.82) is 0 Å². The molecular weight excluding hydrogens is 398 g/mol. The van der Waals surface area contributed by atoms with Crippen LogP contribution in [0.2, 0.25) is 0 Å². The minimum absolute atomic E-state index is 0.0192. The lowest BCUT2D eigenvalue weighted by molar-refractivity contribution is -0.133. The Morgan fingerprint density at radius 1 is 1.07 bits per heavy atom. The molecule has 0 aliphatic carbocycles. The molecule has 2 aromatic heterocycles. The van der Waals surface area contributed by atoms with Gasteiger partial charge in [-0.2, -0.15) is 0 Å². The number of rotatable bonds is 7. The van der Waals surface area contributed by atoms with Crippen molar-refractivity contribution < 1.29 is 4.79 Å². The summed E-state index contributed by atoms with van der Waals surface area (Å²) in [5, 5.41) is 3.20. The Hall–Kier alpha value is -2.45. The van der Waals surface area contributed by atoms with E-state index in [1.165, 1.54) is 0 Å². The molecule has 1 aromatic carbocycles. The Kier molecular flexibility index (Phi) is 6.34. The summed E-state index contributed by atoms with van der Waals surface area (Å²) >= 11 is 1.68. The van der Waals surface area contributed by atoms with E-state index in [0.717, 1.165) is 60.9 Å². The van der Waals surface area contributed by atoms with Gasteiger partial charge in [0.1, 0.15) is 0 Å². The van der Waals surface area contributed by atoms with E-state index in [2.05, 4.69) is 22.2 Å². The van der Waals surface area contributed by atoms with Crippen LogP contribution in [0.4, 0.5) is 0 Å². The number of nitrogens with zero attached hydrogens (tertiary/aromatic N) is 5. The van der Waals surface area contributed by atoms with E-state index in [-0.39, 0.29) is 11.6 Å². The zero-order valence-corrected chi connectivity index (χ0v) is 18.5. The minimum atomic E-state index is -0.0192. The van der Waals surface area contributed by atoms with Gasteiger partial charge in [0.25, 0.3) is 0 Å².